The molecule has 0 radical (unpaired) electrons. The van der Waals surface area contributed by atoms with Gasteiger partial charge in [0.05, 0.1) is 5.69 Å². The molecular weight excluding hydrogens is 256 g/mol. The van der Waals surface area contributed by atoms with Crippen LogP contribution < -0.4 is 5.32 Å². The number of aryl methyl sites for hydroxylation is 2. The SMILES string of the molecule is Cc1ccc(F)c(Nc2snc(C)c2C#N)c1F. The molecule has 0 amide bonds. The van der Waals surface area contributed by atoms with Gasteiger partial charge in [-0.1, -0.05) is 6.07 Å². The molecule has 6 heteroatoms. The quantitative estimate of drug-likeness (QED) is 0.901. The molecule has 1 aromatic carbocycles. The molecule has 1 heterocycles. The van der Waals surface area contributed by atoms with Gasteiger partial charge in [0, 0.05) is 0 Å². The summed E-state index contributed by atoms with van der Waals surface area (Å²) < 4.78 is 31.3. The minimum atomic E-state index is -0.701. The summed E-state index contributed by atoms with van der Waals surface area (Å²) in [5.74, 6) is -1.36. The Morgan fingerprint density at radius 2 is 2.06 bits per heavy atom. The molecule has 0 saturated heterocycles. The lowest BCUT2D eigenvalue weighted by Gasteiger charge is -2.08. The minimum absolute atomic E-state index is 0.254. The van der Waals surface area contributed by atoms with E-state index in [2.05, 4.69) is 9.69 Å². The summed E-state index contributed by atoms with van der Waals surface area (Å²) in [5.41, 5.74) is 0.924. The zero-order chi connectivity index (χ0) is 13.3. The van der Waals surface area contributed by atoms with Crippen molar-refractivity contribution in [3.05, 3.63) is 40.6 Å². The van der Waals surface area contributed by atoms with Crippen molar-refractivity contribution in [3.63, 3.8) is 0 Å². The molecule has 1 N–H and O–H groups in total. The van der Waals surface area contributed by atoms with Gasteiger partial charge in [0.1, 0.15) is 28.1 Å². The molecule has 3 nitrogen and oxygen atoms in total. The molecule has 18 heavy (non-hydrogen) atoms. The van der Waals surface area contributed by atoms with Gasteiger partial charge in [-0.2, -0.15) is 9.64 Å². The standard InChI is InChI=1S/C12H9F2N3S/c1-6-3-4-9(13)11(10(6)14)16-12-8(5-15)7(2)17-18-12/h3-4,16H,1-2H3. The molecule has 0 bridgehead atoms. The van der Waals surface area contributed by atoms with Crippen LogP contribution >= 0.6 is 11.5 Å². The molecule has 0 aliphatic rings. The highest BCUT2D eigenvalue weighted by molar-refractivity contribution is 7.10. The third-order valence-corrected chi connectivity index (χ3v) is 3.35. The fourth-order valence-electron chi connectivity index (χ4n) is 1.47. The fraction of sp³-hybridized carbons (Fsp3) is 0.167. The lowest BCUT2D eigenvalue weighted by atomic mass is 10.2. The number of hydrogen-bond donors (Lipinski definition) is 1. The van der Waals surface area contributed by atoms with Crippen LogP contribution in [0.4, 0.5) is 19.5 Å². The Hall–Kier alpha value is -2.00. The molecule has 0 atom stereocenters. The van der Waals surface area contributed by atoms with E-state index in [0.29, 0.717) is 21.8 Å². The molecule has 1 aromatic heterocycles. The number of nitriles is 1. The average molecular weight is 265 g/mol. The Labute approximate surface area is 107 Å². The first-order chi connectivity index (χ1) is 8.54. The van der Waals surface area contributed by atoms with Crippen LogP contribution in [0, 0.1) is 36.8 Å². The van der Waals surface area contributed by atoms with E-state index in [4.69, 9.17) is 5.26 Å². The Morgan fingerprint density at radius 1 is 1.33 bits per heavy atom. The van der Waals surface area contributed by atoms with Gasteiger partial charge in [0.2, 0.25) is 0 Å². The minimum Gasteiger partial charge on any atom is -0.340 e. The lowest BCUT2D eigenvalue weighted by Crippen LogP contribution is -1.99. The smallest absolute Gasteiger partial charge is 0.152 e. The number of nitrogens with one attached hydrogen (secondary N) is 1. The number of benzene rings is 1. The first-order valence-corrected chi connectivity index (χ1v) is 5.90. The summed E-state index contributed by atoms with van der Waals surface area (Å²) >= 11 is 1.00. The Morgan fingerprint density at radius 3 is 2.72 bits per heavy atom. The monoisotopic (exact) mass is 265 g/mol. The van der Waals surface area contributed by atoms with Crippen molar-refractivity contribution in [1.29, 1.82) is 5.26 Å². The van der Waals surface area contributed by atoms with Crippen molar-refractivity contribution in [3.8, 4) is 6.07 Å². The second kappa shape index (κ2) is 4.70. The second-order valence-electron chi connectivity index (χ2n) is 3.76. The molecular formula is C12H9F2N3S. The van der Waals surface area contributed by atoms with Crippen LogP contribution in [0.1, 0.15) is 16.8 Å². The van der Waals surface area contributed by atoms with Gasteiger partial charge in [-0.05, 0) is 37.0 Å². The zero-order valence-electron chi connectivity index (χ0n) is 9.71. The topological polar surface area (TPSA) is 48.7 Å². The van der Waals surface area contributed by atoms with Crippen LogP contribution in [-0.2, 0) is 0 Å². The highest BCUT2D eigenvalue weighted by Crippen LogP contribution is 2.30. The molecule has 92 valence electrons. The van der Waals surface area contributed by atoms with Gasteiger partial charge in [-0.25, -0.2) is 8.78 Å². The average Bonchev–Trinajstić information content (AvgIpc) is 2.70. The number of rotatable bonds is 2. The van der Waals surface area contributed by atoms with Gasteiger partial charge in [0.25, 0.3) is 0 Å². The zero-order valence-corrected chi connectivity index (χ0v) is 10.5. The van der Waals surface area contributed by atoms with E-state index in [-0.39, 0.29) is 5.69 Å². The number of halogens is 2. The van der Waals surface area contributed by atoms with Crippen molar-refractivity contribution in [2.75, 3.05) is 5.32 Å². The first-order valence-electron chi connectivity index (χ1n) is 5.12. The van der Waals surface area contributed by atoms with Gasteiger partial charge >= 0.3 is 0 Å². The van der Waals surface area contributed by atoms with Crippen LogP contribution in [0.3, 0.4) is 0 Å². The Bertz CT molecular complexity index is 644. The maximum atomic E-state index is 13.8. The summed E-state index contributed by atoms with van der Waals surface area (Å²) in [6, 6.07) is 4.50. The van der Waals surface area contributed by atoms with Crippen molar-refractivity contribution in [2.24, 2.45) is 0 Å². The number of hydrogen-bond acceptors (Lipinski definition) is 4. The first kappa shape index (κ1) is 12.5. The van der Waals surface area contributed by atoms with E-state index in [1.807, 2.05) is 6.07 Å². The summed E-state index contributed by atoms with van der Waals surface area (Å²) in [6.45, 7) is 3.21. The van der Waals surface area contributed by atoms with Crippen LogP contribution in [0.5, 0.6) is 0 Å². The second-order valence-corrected chi connectivity index (χ2v) is 4.54. The lowest BCUT2D eigenvalue weighted by molar-refractivity contribution is 0.585. The maximum Gasteiger partial charge on any atom is 0.152 e. The van der Waals surface area contributed by atoms with Crippen molar-refractivity contribution in [2.45, 2.75) is 13.8 Å². The van der Waals surface area contributed by atoms with Crippen LogP contribution in [0.15, 0.2) is 12.1 Å². The summed E-state index contributed by atoms with van der Waals surface area (Å²) in [6.07, 6.45) is 0. The summed E-state index contributed by atoms with van der Waals surface area (Å²) in [5, 5.41) is 11.9. The number of aromatic nitrogens is 1. The normalized spacial score (nSPS) is 10.2. The summed E-state index contributed by atoms with van der Waals surface area (Å²) in [7, 11) is 0. The van der Waals surface area contributed by atoms with Crippen molar-refractivity contribution in [1.82, 2.24) is 4.37 Å². The van der Waals surface area contributed by atoms with Gasteiger partial charge in [-0.15, -0.1) is 0 Å². The van der Waals surface area contributed by atoms with Crippen LogP contribution in [-0.4, -0.2) is 4.37 Å². The molecule has 0 aliphatic carbocycles. The highest BCUT2D eigenvalue weighted by Gasteiger charge is 2.16. The van der Waals surface area contributed by atoms with E-state index >= 15 is 0 Å². The Kier molecular flexibility index (Phi) is 3.26. The van der Waals surface area contributed by atoms with E-state index < -0.39 is 11.6 Å². The van der Waals surface area contributed by atoms with Crippen molar-refractivity contribution < 1.29 is 8.78 Å². The molecule has 0 saturated carbocycles. The predicted molar refractivity (Wildman–Crippen MR) is 65.9 cm³/mol. The number of anilines is 2. The van der Waals surface area contributed by atoms with E-state index in [1.165, 1.54) is 12.1 Å². The maximum absolute atomic E-state index is 13.8. The van der Waals surface area contributed by atoms with Crippen molar-refractivity contribution >= 4 is 22.2 Å². The molecule has 0 unspecified atom stereocenters. The molecule has 0 fully saturated rings. The molecule has 2 aromatic rings. The third-order valence-electron chi connectivity index (χ3n) is 2.50. The Balaban J connectivity index is 2.47. The van der Waals surface area contributed by atoms with Crippen LogP contribution in [0.25, 0.3) is 0 Å². The largest absolute Gasteiger partial charge is 0.340 e. The summed E-state index contributed by atoms with van der Waals surface area (Å²) in [4.78, 5) is 0. The fourth-order valence-corrected chi connectivity index (χ4v) is 2.22. The van der Waals surface area contributed by atoms with E-state index in [0.717, 1.165) is 11.5 Å². The number of nitrogens with zero attached hydrogens (tertiary/aromatic N) is 2. The van der Waals surface area contributed by atoms with E-state index in [9.17, 15) is 8.78 Å². The van der Waals surface area contributed by atoms with Crippen LogP contribution in [0.2, 0.25) is 0 Å². The molecule has 2 rings (SSSR count). The van der Waals surface area contributed by atoms with Gasteiger partial charge < -0.3 is 5.32 Å². The predicted octanol–water partition coefficient (Wildman–Crippen LogP) is 3.65. The van der Waals surface area contributed by atoms with E-state index in [1.54, 1.807) is 13.8 Å². The van der Waals surface area contributed by atoms with Gasteiger partial charge in [0.15, 0.2) is 5.82 Å². The highest BCUT2D eigenvalue weighted by atomic mass is 32.1. The third kappa shape index (κ3) is 2.05. The van der Waals surface area contributed by atoms with Gasteiger partial charge in [-0.3, -0.25) is 0 Å². The molecule has 0 spiro atoms. The molecule has 0 aliphatic heterocycles.